The third kappa shape index (κ3) is 1.34. The van der Waals surface area contributed by atoms with E-state index >= 15 is 0 Å². The first-order valence-corrected chi connectivity index (χ1v) is 4.58. The molecule has 2 heteroatoms. The average Bonchev–Trinajstić information content (AvgIpc) is 2.44. The van der Waals surface area contributed by atoms with E-state index in [4.69, 9.17) is 16.9 Å². The molecule has 1 aromatic carbocycles. The van der Waals surface area contributed by atoms with Crippen molar-refractivity contribution in [2.24, 2.45) is 0 Å². The molecule has 0 heterocycles. The molecule has 0 amide bonds. The highest BCUT2D eigenvalue weighted by molar-refractivity contribution is 6.27. The van der Waals surface area contributed by atoms with Crippen LogP contribution in [-0.4, -0.2) is 5.38 Å². The standard InChI is InChI=1S/C11H8ClN/c12-11-7-8-3-1-2-4-9(8)10(11)5-6-13/h1-5,11H,7H2. The summed E-state index contributed by atoms with van der Waals surface area (Å²) in [6, 6.07) is 10.1. The predicted octanol–water partition coefficient (Wildman–Crippen LogP) is 2.76. The molecule has 0 aromatic heterocycles. The first kappa shape index (κ1) is 8.34. The van der Waals surface area contributed by atoms with Crippen molar-refractivity contribution in [2.45, 2.75) is 11.8 Å². The Bertz CT molecular complexity index is 401. The number of halogens is 1. The lowest BCUT2D eigenvalue weighted by atomic mass is 10.1. The molecular weight excluding hydrogens is 182 g/mol. The van der Waals surface area contributed by atoms with E-state index in [2.05, 4.69) is 6.07 Å². The smallest absolute Gasteiger partial charge is 0.0915 e. The Morgan fingerprint density at radius 3 is 3.00 bits per heavy atom. The number of nitriles is 1. The van der Waals surface area contributed by atoms with E-state index in [9.17, 15) is 0 Å². The Labute approximate surface area is 82.3 Å². The molecule has 0 radical (unpaired) electrons. The zero-order valence-corrected chi connectivity index (χ0v) is 7.75. The quantitative estimate of drug-likeness (QED) is 0.455. The van der Waals surface area contributed by atoms with Crippen LogP contribution in [0.1, 0.15) is 11.1 Å². The Morgan fingerprint density at radius 1 is 1.46 bits per heavy atom. The molecule has 0 saturated heterocycles. The summed E-state index contributed by atoms with van der Waals surface area (Å²) in [7, 11) is 0. The average molecular weight is 190 g/mol. The van der Waals surface area contributed by atoms with Gasteiger partial charge in [0.15, 0.2) is 0 Å². The minimum absolute atomic E-state index is 0.0305. The normalized spacial score (nSPS) is 22.8. The van der Waals surface area contributed by atoms with Gasteiger partial charge in [-0.2, -0.15) is 5.26 Å². The van der Waals surface area contributed by atoms with Crippen LogP contribution in [0.4, 0.5) is 0 Å². The van der Waals surface area contributed by atoms with Gasteiger partial charge < -0.3 is 0 Å². The molecule has 1 aliphatic rings. The summed E-state index contributed by atoms with van der Waals surface area (Å²) in [5.74, 6) is 0. The lowest BCUT2D eigenvalue weighted by Crippen LogP contribution is -1.93. The Morgan fingerprint density at radius 2 is 2.23 bits per heavy atom. The third-order valence-electron chi connectivity index (χ3n) is 2.29. The van der Waals surface area contributed by atoms with Gasteiger partial charge >= 0.3 is 0 Å². The van der Waals surface area contributed by atoms with Gasteiger partial charge in [0.25, 0.3) is 0 Å². The number of allylic oxidation sites excluding steroid dienone is 2. The van der Waals surface area contributed by atoms with Crippen LogP contribution in [0.3, 0.4) is 0 Å². The maximum absolute atomic E-state index is 8.58. The maximum Gasteiger partial charge on any atom is 0.0915 e. The second-order valence-electron chi connectivity index (χ2n) is 3.06. The monoisotopic (exact) mass is 189 g/mol. The van der Waals surface area contributed by atoms with Gasteiger partial charge in [-0.05, 0) is 23.1 Å². The summed E-state index contributed by atoms with van der Waals surface area (Å²) in [4.78, 5) is 0. The van der Waals surface area contributed by atoms with Crippen molar-refractivity contribution in [3.8, 4) is 6.07 Å². The van der Waals surface area contributed by atoms with Crippen LogP contribution >= 0.6 is 11.6 Å². The highest BCUT2D eigenvalue weighted by atomic mass is 35.5. The van der Waals surface area contributed by atoms with Gasteiger partial charge in [0.05, 0.1) is 11.4 Å². The second-order valence-corrected chi connectivity index (χ2v) is 3.58. The van der Waals surface area contributed by atoms with Crippen molar-refractivity contribution in [3.63, 3.8) is 0 Å². The molecule has 0 aliphatic heterocycles. The van der Waals surface area contributed by atoms with Crippen LogP contribution < -0.4 is 0 Å². The van der Waals surface area contributed by atoms with Crippen molar-refractivity contribution in [1.82, 2.24) is 0 Å². The maximum atomic E-state index is 8.58. The van der Waals surface area contributed by atoms with E-state index in [1.54, 1.807) is 6.08 Å². The highest BCUT2D eigenvalue weighted by Gasteiger charge is 2.23. The summed E-state index contributed by atoms with van der Waals surface area (Å²) in [5, 5.41) is 8.55. The van der Waals surface area contributed by atoms with Crippen LogP contribution in [-0.2, 0) is 6.42 Å². The summed E-state index contributed by atoms with van der Waals surface area (Å²) in [6.45, 7) is 0. The molecule has 0 fully saturated rings. The van der Waals surface area contributed by atoms with Crippen molar-refractivity contribution in [1.29, 1.82) is 5.26 Å². The van der Waals surface area contributed by atoms with Gasteiger partial charge in [-0.1, -0.05) is 24.3 Å². The van der Waals surface area contributed by atoms with Crippen LogP contribution in [0.15, 0.2) is 30.3 Å². The summed E-state index contributed by atoms with van der Waals surface area (Å²) in [5.41, 5.74) is 3.33. The van der Waals surface area contributed by atoms with Crippen LogP contribution in [0.2, 0.25) is 0 Å². The zero-order valence-electron chi connectivity index (χ0n) is 7.00. The predicted molar refractivity (Wildman–Crippen MR) is 53.4 cm³/mol. The molecule has 1 atom stereocenters. The van der Waals surface area contributed by atoms with Crippen molar-refractivity contribution in [3.05, 3.63) is 41.5 Å². The lowest BCUT2D eigenvalue weighted by molar-refractivity contribution is 1.09. The van der Waals surface area contributed by atoms with E-state index in [0.29, 0.717) is 0 Å². The van der Waals surface area contributed by atoms with Gasteiger partial charge in [0.1, 0.15) is 0 Å². The molecule has 2 rings (SSSR count). The topological polar surface area (TPSA) is 23.8 Å². The summed E-state index contributed by atoms with van der Waals surface area (Å²) in [6.07, 6.45) is 2.38. The van der Waals surface area contributed by atoms with Gasteiger partial charge in [-0.15, -0.1) is 11.6 Å². The van der Waals surface area contributed by atoms with Crippen LogP contribution in [0, 0.1) is 11.3 Å². The summed E-state index contributed by atoms with van der Waals surface area (Å²) < 4.78 is 0. The second kappa shape index (κ2) is 3.24. The van der Waals surface area contributed by atoms with Gasteiger partial charge in [-0.3, -0.25) is 0 Å². The molecule has 1 unspecified atom stereocenters. The van der Waals surface area contributed by atoms with Gasteiger partial charge in [-0.25, -0.2) is 0 Å². The van der Waals surface area contributed by atoms with Gasteiger partial charge in [0, 0.05) is 6.08 Å². The molecule has 1 aromatic rings. The lowest BCUT2D eigenvalue weighted by Gasteiger charge is -1.99. The highest BCUT2D eigenvalue weighted by Crippen LogP contribution is 2.35. The van der Waals surface area contributed by atoms with Crippen molar-refractivity contribution in [2.75, 3.05) is 0 Å². The third-order valence-corrected chi connectivity index (χ3v) is 2.67. The number of benzene rings is 1. The number of hydrogen-bond donors (Lipinski definition) is 0. The molecule has 0 saturated carbocycles. The molecule has 64 valence electrons. The molecular formula is C11H8ClN. The van der Waals surface area contributed by atoms with Crippen LogP contribution in [0.5, 0.6) is 0 Å². The fraction of sp³-hybridized carbons (Fsp3) is 0.182. The first-order chi connectivity index (χ1) is 6.33. The Hall–Kier alpha value is -1.26. The zero-order chi connectivity index (χ0) is 9.26. The fourth-order valence-electron chi connectivity index (χ4n) is 1.69. The number of hydrogen-bond acceptors (Lipinski definition) is 1. The molecule has 0 spiro atoms. The fourth-order valence-corrected chi connectivity index (χ4v) is 2.04. The van der Waals surface area contributed by atoms with E-state index < -0.39 is 0 Å². The van der Waals surface area contributed by atoms with E-state index in [1.807, 2.05) is 24.3 Å². The summed E-state index contributed by atoms with van der Waals surface area (Å²) >= 11 is 6.10. The minimum atomic E-state index is -0.0305. The largest absolute Gasteiger partial charge is 0.193 e. The molecule has 1 nitrogen and oxygen atoms in total. The van der Waals surface area contributed by atoms with Crippen LogP contribution in [0.25, 0.3) is 5.57 Å². The molecule has 0 bridgehead atoms. The molecule has 1 aliphatic carbocycles. The van der Waals surface area contributed by atoms with Crippen molar-refractivity contribution >= 4 is 17.2 Å². The van der Waals surface area contributed by atoms with E-state index in [1.165, 1.54) is 5.56 Å². The number of fused-ring (bicyclic) bond motifs is 1. The Kier molecular flexibility index (Phi) is 2.08. The number of alkyl halides is 1. The van der Waals surface area contributed by atoms with Gasteiger partial charge in [0.2, 0.25) is 0 Å². The Balaban J connectivity index is 2.54. The number of nitrogens with zero attached hydrogens (tertiary/aromatic N) is 1. The van der Waals surface area contributed by atoms with Crippen molar-refractivity contribution < 1.29 is 0 Å². The SMILES string of the molecule is N#CC=C1c2ccccc2CC1Cl. The molecule has 13 heavy (non-hydrogen) atoms. The number of rotatable bonds is 0. The first-order valence-electron chi connectivity index (χ1n) is 4.15. The minimum Gasteiger partial charge on any atom is -0.193 e. The molecule has 0 N–H and O–H groups in total. The van der Waals surface area contributed by atoms with E-state index in [0.717, 1.165) is 17.6 Å². The van der Waals surface area contributed by atoms with E-state index in [-0.39, 0.29) is 5.38 Å².